The summed E-state index contributed by atoms with van der Waals surface area (Å²) in [6.45, 7) is 6.92. The van der Waals surface area contributed by atoms with Crippen molar-refractivity contribution in [2.24, 2.45) is 10.9 Å². The van der Waals surface area contributed by atoms with Gasteiger partial charge in [-0.25, -0.2) is 4.79 Å². The van der Waals surface area contributed by atoms with Gasteiger partial charge in [0.05, 0.1) is 18.1 Å². The number of benzene rings is 1. The van der Waals surface area contributed by atoms with Crippen LogP contribution in [0, 0.1) is 5.92 Å². The van der Waals surface area contributed by atoms with Crippen molar-refractivity contribution in [3.63, 3.8) is 0 Å². The number of rotatable bonds is 9. The lowest BCUT2D eigenvalue weighted by Crippen LogP contribution is -2.39. The number of nitrogens with zero attached hydrogens (tertiary/aromatic N) is 1. The maximum absolute atomic E-state index is 13.2. The molecule has 0 saturated heterocycles. The predicted molar refractivity (Wildman–Crippen MR) is 121 cm³/mol. The van der Waals surface area contributed by atoms with Crippen LogP contribution >= 0.6 is 11.8 Å². The number of para-hydroxylation sites is 1. The van der Waals surface area contributed by atoms with Gasteiger partial charge in [-0.1, -0.05) is 32.0 Å². The van der Waals surface area contributed by atoms with Gasteiger partial charge in [0.2, 0.25) is 0 Å². The van der Waals surface area contributed by atoms with Gasteiger partial charge >= 0.3 is 5.97 Å². The molecule has 2 atom stereocenters. The number of ether oxygens (including phenoxy) is 2. The number of esters is 1. The van der Waals surface area contributed by atoms with Gasteiger partial charge in [-0.3, -0.25) is 9.79 Å². The van der Waals surface area contributed by atoms with Gasteiger partial charge in [0.1, 0.15) is 18.1 Å². The van der Waals surface area contributed by atoms with Gasteiger partial charge in [-0.05, 0) is 38.0 Å². The standard InChI is InChI=1S/C24H31NO4S/c1-4-13-28-20-12-7-6-9-17(20)22-21(24(27)29-14-15-30-5-2)16(3)25-18-10-8-11-19(26)23(18)22/h6-7,9,12,22-23H,4-5,8,10-11,13-15H2,1-3H3/t22-,23?/m1/s1. The predicted octanol–water partition coefficient (Wildman–Crippen LogP) is 4.95. The molecule has 5 nitrogen and oxygen atoms in total. The third kappa shape index (κ3) is 4.97. The third-order valence-electron chi connectivity index (χ3n) is 5.51. The number of allylic oxidation sites excluding steroid dienone is 1. The maximum Gasteiger partial charge on any atom is 0.336 e. The molecule has 1 aliphatic heterocycles. The first-order valence-corrected chi connectivity index (χ1v) is 12.0. The van der Waals surface area contributed by atoms with Crippen molar-refractivity contribution >= 4 is 29.2 Å². The number of Topliss-reactive ketones (excluding diaryl/α,β-unsaturated/α-hetero) is 1. The van der Waals surface area contributed by atoms with E-state index in [2.05, 4.69) is 13.8 Å². The van der Waals surface area contributed by atoms with Crippen LogP contribution in [0.3, 0.4) is 0 Å². The summed E-state index contributed by atoms with van der Waals surface area (Å²) in [6, 6.07) is 7.74. The van der Waals surface area contributed by atoms with Crippen LogP contribution in [0.2, 0.25) is 0 Å². The Bertz CT molecular complexity index is 845. The molecule has 2 aliphatic rings. The largest absolute Gasteiger partial charge is 0.493 e. The molecule has 1 saturated carbocycles. The van der Waals surface area contributed by atoms with Gasteiger partial charge in [0.25, 0.3) is 0 Å². The Morgan fingerprint density at radius 1 is 1.17 bits per heavy atom. The highest BCUT2D eigenvalue weighted by atomic mass is 32.2. The molecular formula is C24H31NO4S. The molecule has 1 aromatic carbocycles. The number of carbonyl (C=O) groups excluding carboxylic acids is 2. The molecule has 0 bridgehead atoms. The molecule has 0 radical (unpaired) electrons. The van der Waals surface area contributed by atoms with Gasteiger partial charge in [-0.2, -0.15) is 11.8 Å². The zero-order valence-corrected chi connectivity index (χ0v) is 18.9. The number of fused-ring (bicyclic) bond motifs is 1. The number of hydrogen-bond acceptors (Lipinski definition) is 6. The van der Waals surface area contributed by atoms with E-state index in [9.17, 15) is 9.59 Å². The van der Waals surface area contributed by atoms with E-state index in [-0.39, 0.29) is 11.8 Å². The number of carbonyl (C=O) groups is 2. The molecular weight excluding hydrogens is 398 g/mol. The van der Waals surface area contributed by atoms with E-state index in [0.717, 1.165) is 47.8 Å². The van der Waals surface area contributed by atoms with E-state index in [0.29, 0.717) is 30.9 Å². The van der Waals surface area contributed by atoms with Gasteiger partial charge in [0.15, 0.2) is 0 Å². The lowest BCUT2D eigenvalue weighted by molar-refractivity contribution is -0.139. The van der Waals surface area contributed by atoms with Crippen LogP contribution in [0.25, 0.3) is 0 Å². The average molecular weight is 430 g/mol. The number of aliphatic imine (C=N–C) groups is 1. The van der Waals surface area contributed by atoms with Crippen molar-refractivity contribution in [3.05, 3.63) is 41.1 Å². The second kappa shape index (κ2) is 10.8. The minimum Gasteiger partial charge on any atom is -0.493 e. The molecule has 0 spiro atoms. The Labute approximate surface area is 183 Å². The molecule has 1 aromatic rings. The van der Waals surface area contributed by atoms with E-state index < -0.39 is 11.8 Å². The van der Waals surface area contributed by atoms with Crippen LogP contribution in [0.15, 0.2) is 40.5 Å². The second-order valence-corrected chi connectivity index (χ2v) is 8.99. The number of ketones is 1. The Kier molecular flexibility index (Phi) is 8.14. The molecule has 30 heavy (non-hydrogen) atoms. The molecule has 0 amide bonds. The van der Waals surface area contributed by atoms with Crippen molar-refractivity contribution in [1.82, 2.24) is 0 Å². The lowest BCUT2D eigenvalue weighted by Gasteiger charge is -2.36. The fourth-order valence-corrected chi connectivity index (χ4v) is 4.71. The van der Waals surface area contributed by atoms with Crippen LogP contribution in [-0.4, -0.2) is 42.2 Å². The van der Waals surface area contributed by atoms with Gasteiger partial charge < -0.3 is 9.47 Å². The topological polar surface area (TPSA) is 65.0 Å². The van der Waals surface area contributed by atoms with Gasteiger partial charge in [-0.15, -0.1) is 0 Å². The van der Waals surface area contributed by atoms with E-state index in [1.54, 1.807) is 11.8 Å². The van der Waals surface area contributed by atoms with Crippen molar-refractivity contribution in [2.45, 2.75) is 52.4 Å². The Morgan fingerprint density at radius 2 is 1.97 bits per heavy atom. The molecule has 6 heteroatoms. The summed E-state index contributed by atoms with van der Waals surface area (Å²) in [4.78, 5) is 30.9. The summed E-state index contributed by atoms with van der Waals surface area (Å²) in [5, 5.41) is 0. The fourth-order valence-electron chi connectivity index (χ4n) is 4.22. The van der Waals surface area contributed by atoms with E-state index in [1.807, 2.05) is 31.2 Å². The van der Waals surface area contributed by atoms with E-state index in [4.69, 9.17) is 14.5 Å². The Balaban J connectivity index is 2.02. The maximum atomic E-state index is 13.2. The van der Waals surface area contributed by atoms with Crippen LogP contribution < -0.4 is 4.74 Å². The highest BCUT2D eigenvalue weighted by Gasteiger charge is 2.44. The highest BCUT2D eigenvalue weighted by molar-refractivity contribution is 7.99. The van der Waals surface area contributed by atoms with Crippen molar-refractivity contribution < 1.29 is 19.1 Å². The molecule has 0 N–H and O–H groups in total. The summed E-state index contributed by atoms with van der Waals surface area (Å²) in [5.74, 6) is 1.41. The van der Waals surface area contributed by atoms with Crippen molar-refractivity contribution in [3.8, 4) is 5.75 Å². The summed E-state index contributed by atoms with van der Waals surface area (Å²) in [7, 11) is 0. The minimum absolute atomic E-state index is 0.148. The first-order valence-electron chi connectivity index (χ1n) is 10.9. The summed E-state index contributed by atoms with van der Waals surface area (Å²) in [5.41, 5.74) is 2.90. The van der Waals surface area contributed by atoms with Gasteiger partial charge in [0, 0.05) is 35.1 Å². The molecule has 162 valence electrons. The molecule has 0 aromatic heterocycles. The summed E-state index contributed by atoms with van der Waals surface area (Å²) < 4.78 is 11.6. The van der Waals surface area contributed by atoms with Crippen LogP contribution in [0.4, 0.5) is 0 Å². The third-order valence-corrected chi connectivity index (χ3v) is 6.37. The fraction of sp³-hybridized carbons (Fsp3) is 0.542. The monoisotopic (exact) mass is 429 g/mol. The first-order chi connectivity index (χ1) is 14.6. The van der Waals surface area contributed by atoms with Crippen molar-refractivity contribution in [1.29, 1.82) is 0 Å². The quantitative estimate of drug-likeness (QED) is 0.410. The highest BCUT2D eigenvalue weighted by Crippen LogP contribution is 2.45. The lowest BCUT2D eigenvalue weighted by atomic mass is 9.69. The minimum atomic E-state index is -0.415. The van der Waals surface area contributed by atoms with E-state index >= 15 is 0 Å². The zero-order chi connectivity index (χ0) is 21.5. The second-order valence-electron chi connectivity index (χ2n) is 7.60. The molecule has 1 unspecified atom stereocenters. The molecule has 3 rings (SSSR count). The van der Waals surface area contributed by atoms with Crippen molar-refractivity contribution in [2.75, 3.05) is 24.7 Å². The van der Waals surface area contributed by atoms with Crippen LogP contribution in [-0.2, 0) is 14.3 Å². The SMILES string of the molecule is CCCOc1ccccc1[C@@H]1C(C(=O)OCCSCC)=C(C)N=C2CCCC(=O)C21. The normalized spacial score (nSPS) is 21.2. The number of hydrogen-bond donors (Lipinski definition) is 0. The first kappa shape index (κ1) is 22.6. The van der Waals surface area contributed by atoms with Crippen LogP contribution in [0.1, 0.15) is 57.9 Å². The number of thioether (sulfide) groups is 1. The molecule has 1 aliphatic carbocycles. The Morgan fingerprint density at radius 3 is 2.73 bits per heavy atom. The summed E-state index contributed by atoms with van der Waals surface area (Å²) >= 11 is 1.73. The average Bonchev–Trinajstić information content (AvgIpc) is 2.74. The van der Waals surface area contributed by atoms with Crippen LogP contribution in [0.5, 0.6) is 5.75 Å². The summed E-state index contributed by atoms with van der Waals surface area (Å²) in [6.07, 6.45) is 3.01. The zero-order valence-electron chi connectivity index (χ0n) is 18.1. The smallest absolute Gasteiger partial charge is 0.336 e. The molecule has 1 heterocycles. The molecule has 1 fully saturated rings. The Hall–Kier alpha value is -2.08. The van der Waals surface area contributed by atoms with E-state index in [1.165, 1.54) is 0 Å².